The number of fused-ring (bicyclic) bond motifs is 1. The van der Waals surface area contributed by atoms with Gasteiger partial charge in [-0.1, -0.05) is 43.3 Å². The number of thioether (sulfide) groups is 1. The largest absolute Gasteiger partial charge is 0.308 e. The summed E-state index contributed by atoms with van der Waals surface area (Å²) in [6.45, 7) is 5.98. The fraction of sp³-hybridized carbons (Fsp3) is 0.421. The van der Waals surface area contributed by atoms with Crippen LogP contribution in [0.5, 0.6) is 0 Å². The molecule has 2 aromatic rings. The molecule has 1 N–H and O–H groups in total. The van der Waals surface area contributed by atoms with E-state index >= 15 is 0 Å². The number of benzene rings is 1. The monoisotopic (exact) mass is 357 g/mol. The first kappa shape index (κ1) is 17.7. The zero-order chi connectivity index (χ0) is 18.0. The van der Waals surface area contributed by atoms with Gasteiger partial charge >= 0.3 is 0 Å². The third kappa shape index (κ3) is 3.79. The Labute approximate surface area is 151 Å². The molecule has 25 heavy (non-hydrogen) atoms. The van der Waals surface area contributed by atoms with Crippen molar-refractivity contribution in [2.24, 2.45) is 0 Å². The zero-order valence-corrected chi connectivity index (χ0v) is 15.6. The summed E-state index contributed by atoms with van der Waals surface area (Å²) in [6, 6.07) is 9.71. The van der Waals surface area contributed by atoms with E-state index in [9.17, 15) is 9.59 Å². The van der Waals surface area contributed by atoms with Crippen LogP contribution in [0.25, 0.3) is 0 Å². The highest BCUT2D eigenvalue weighted by Crippen LogP contribution is 2.34. The molecule has 0 radical (unpaired) electrons. The van der Waals surface area contributed by atoms with Crippen LogP contribution in [0.3, 0.4) is 0 Å². The van der Waals surface area contributed by atoms with Crippen LogP contribution in [0.15, 0.2) is 40.3 Å². The highest BCUT2D eigenvalue weighted by atomic mass is 32.2. The number of carbonyl (C=O) groups excluding carboxylic acids is 1. The first-order chi connectivity index (χ1) is 12.0. The molecule has 1 aromatic heterocycles. The Hall–Kier alpha value is -2.08. The lowest BCUT2D eigenvalue weighted by Gasteiger charge is -2.25. The molecule has 132 valence electrons. The molecule has 3 rings (SSSR count). The second-order valence-corrected chi connectivity index (χ2v) is 7.77. The number of nitrogens with one attached hydrogen (secondary N) is 1. The maximum Gasteiger partial charge on any atom is 0.251 e. The quantitative estimate of drug-likeness (QED) is 0.659. The van der Waals surface area contributed by atoms with Gasteiger partial charge in [-0.3, -0.25) is 9.59 Å². The van der Waals surface area contributed by atoms with Crippen molar-refractivity contribution in [1.82, 2.24) is 9.97 Å². The molecule has 2 heterocycles. The number of hydrogen-bond donors (Lipinski definition) is 1. The average molecular weight is 357 g/mol. The van der Waals surface area contributed by atoms with E-state index in [1.54, 1.807) is 0 Å². The van der Waals surface area contributed by atoms with E-state index < -0.39 is 0 Å². The van der Waals surface area contributed by atoms with E-state index in [2.05, 4.69) is 23.0 Å². The van der Waals surface area contributed by atoms with Crippen LogP contribution in [0, 0.1) is 0 Å². The smallest absolute Gasteiger partial charge is 0.251 e. The number of H-pyrrole nitrogens is 1. The van der Waals surface area contributed by atoms with Crippen molar-refractivity contribution in [2.75, 3.05) is 4.90 Å². The maximum absolute atomic E-state index is 13.0. The molecule has 0 unspecified atom stereocenters. The highest BCUT2D eigenvalue weighted by molar-refractivity contribution is 8.00. The number of anilines is 1. The van der Waals surface area contributed by atoms with Gasteiger partial charge in [0.05, 0.1) is 5.25 Å². The van der Waals surface area contributed by atoms with Gasteiger partial charge in [-0.05, 0) is 38.3 Å². The van der Waals surface area contributed by atoms with E-state index in [0.717, 1.165) is 30.6 Å². The molecule has 1 aliphatic rings. The van der Waals surface area contributed by atoms with E-state index in [-0.39, 0.29) is 22.8 Å². The fourth-order valence-corrected chi connectivity index (χ4v) is 4.12. The predicted octanol–water partition coefficient (Wildman–Crippen LogP) is 3.18. The number of para-hydroxylation sites is 1. The summed E-state index contributed by atoms with van der Waals surface area (Å²) in [5.41, 5.74) is 2.81. The molecule has 0 bridgehead atoms. The summed E-state index contributed by atoms with van der Waals surface area (Å²) in [6.07, 6.45) is 2.56. The molecular formula is C19H23N3O2S. The minimum absolute atomic E-state index is 0.0472. The molecule has 0 fully saturated rings. The van der Waals surface area contributed by atoms with Crippen molar-refractivity contribution in [1.29, 1.82) is 0 Å². The summed E-state index contributed by atoms with van der Waals surface area (Å²) in [5.74, 6) is 0.0472. The number of hydrogen-bond acceptors (Lipinski definition) is 4. The summed E-state index contributed by atoms with van der Waals surface area (Å²) in [4.78, 5) is 33.9. The number of rotatable bonds is 5. The molecule has 1 aliphatic heterocycles. The van der Waals surface area contributed by atoms with E-state index in [4.69, 9.17) is 0 Å². The van der Waals surface area contributed by atoms with Crippen LogP contribution < -0.4 is 10.5 Å². The molecule has 5 nitrogen and oxygen atoms in total. The van der Waals surface area contributed by atoms with Crippen molar-refractivity contribution in [3.63, 3.8) is 0 Å². The lowest BCUT2D eigenvalue weighted by molar-refractivity contribution is -0.118. The molecule has 0 saturated heterocycles. The molecule has 1 amide bonds. The first-order valence-corrected chi connectivity index (χ1v) is 9.55. The predicted molar refractivity (Wildman–Crippen MR) is 101 cm³/mol. The molecule has 6 heteroatoms. The first-order valence-electron chi connectivity index (χ1n) is 8.67. The Morgan fingerprint density at radius 3 is 2.96 bits per heavy atom. The Kier molecular flexibility index (Phi) is 5.27. The van der Waals surface area contributed by atoms with Crippen LogP contribution >= 0.6 is 11.8 Å². The minimum Gasteiger partial charge on any atom is -0.308 e. The van der Waals surface area contributed by atoms with Crippen LogP contribution in [0.1, 0.15) is 38.4 Å². The number of aryl methyl sites for hydroxylation is 1. The van der Waals surface area contributed by atoms with Crippen molar-refractivity contribution in [3.05, 3.63) is 51.9 Å². The summed E-state index contributed by atoms with van der Waals surface area (Å²) < 4.78 is 0. The number of amides is 1. The Morgan fingerprint density at radius 2 is 2.20 bits per heavy atom. The summed E-state index contributed by atoms with van der Waals surface area (Å²) >= 11 is 1.31. The van der Waals surface area contributed by atoms with Crippen molar-refractivity contribution >= 4 is 23.4 Å². The molecular weight excluding hydrogens is 334 g/mol. The topological polar surface area (TPSA) is 66.1 Å². The van der Waals surface area contributed by atoms with Gasteiger partial charge in [0.15, 0.2) is 5.16 Å². The number of aromatic amines is 1. The molecule has 0 spiro atoms. The second kappa shape index (κ2) is 7.44. The highest BCUT2D eigenvalue weighted by Gasteiger charge is 2.33. The molecule has 2 atom stereocenters. The van der Waals surface area contributed by atoms with Crippen molar-refractivity contribution in [3.8, 4) is 0 Å². The van der Waals surface area contributed by atoms with Crippen molar-refractivity contribution < 1.29 is 4.79 Å². The van der Waals surface area contributed by atoms with Gasteiger partial charge in [0, 0.05) is 23.5 Å². The normalized spacial score (nSPS) is 17.4. The van der Waals surface area contributed by atoms with Gasteiger partial charge in [-0.25, -0.2) is 4.98 Å². The lowest BCUT2D eigenvalue weighted by atomic mass is 10.1. The zero-order valence-electron chi connectivity index (χ0n) is 14.8. The SMILES string of the molecule is CCCc1cc(=O)[nH]c(S[C@@H](C)C(=O)N2c3ccccc3C[C@@H]2C)n1. The number of aromatic nitrogens is 2. The van der Waals surface area contributed by atoms with Crippen LogP contribution in [-0.2, 0) is 17.6 Å². The maximum atomic E-state index is 13.0. The standard InChI is InChI=1S/C19H23N3O2S/c1-4-7-15-11-17(23)21-19(20-15)25-13(3)18(24)22-12(2)10-14-8-5-6-9-16(14)22/h5-6,8-9,11-13H,4,7,10H2,1-3H3,(H,20,21,23)/t12-,13-/m0/s1. The van der Waals surface area contributed by atoms with Gasteiger partial charge in [0.25, 0.3) is 5.56 Å². The molecule has 1 aromatic carbocycles. The van der Waals surface area contributed by atoms with Crippen molar-refractivity contribution in [2.45, 2.75) is 56.5 Å². The van der Waals surface area contributed by atoms with Crippen LogP contribution in [-0.4, -0.2) is 27.2 Å². The Morgan fingerprint density at radius 1 is 1.44 bits per heavy atom. The number of nitrogens with zero attached hydrogens (tertiary/aromatic N) is 2. The van der Waals surface area contributed by atoms with Crippen LogP contribution in [0.4, 0.5) is 5.69 Å². The second-order valence-electron chi connectivity index (χ2n) is 6.44. The van der Waals surface area contributed by atoms with E-state index in [1.807, 2.05) is 36.9 Å². The van der Waals surface area contributed by atoms with Gasteiger partial charge < -0.3 is 9.88 Å². The van der Waals surface area contributed by atoms with Gasteiger partial charge in [-0.2, -0.15) is 0 Å². The third-order valence-electron chi connectivity index (χ3n) is 4.36. The minimum atomic E-state index is -0.325. The van der Waals surface area contributed by atoms with E-state index in [1.165, 1.54) is 23.4 Å². The van der Waals surface area contributed by atoms with Crippen LogP contribution in [0.2, 0.25) is 0 Å². The average Bonchev–Trinajstić information content (AvgIpc) is 2.89. The number of carbonyl (C=O) groups is 1. The lowest BCUT2D eigenvalue weighted by Crippen LogP contribution is -2.40. The van der Waals surface area contributed by atoms with Gasteiger partial charge in [0.2, 0.25) is 5.91 Å². The Bertz CT molecular complexity index is 833. The van der Waals surface area contributed by atoms with Gasteiger partial charge in [0.1, 0.15) is 0 Å². The molecule has 0 saturated carbocycles. The Balaban J connectivity index is 1.79. The van der Waals surface area contributed by atoms with Gasteiger partial charge in [-0.15, -0.1) is 0 Å². The molecule has 0 aliphatic carbocycles. The fourth-order valence-electron chi connectivity index (χ4n) is 3.24. The third-order valence-corrected chi connectivity index (χ3v) is 5.33. The summed E-state index contributed by atoms with van der Waals surface area (Å²) in [5, 5.41) is 0.186. The summed E-state index contributed by atoms with van der Waals surface area (Å²) in [7, 11) is 0. The van der Waals surface area contributed by atoms with E-state index in [0.29, 0.717) is 5.16 Å².